The van der Waals surface area contributed by atoms with Gasteiger partial charge in [-0.3, -0.25) is 4.79 Å². The molecule has 0 saturated carbocycles. The molecule has 0 aromatic heterocycles. The quantitative estimate of drug-likeness (QED) is 0.881. The Hall–Kier alpha value is -2.40. The van der Waals surface area contributed by atoms with Gasteiger partial charge in [0.2, 0.25) is 0 Å². The normalized spacial score (nSPS) is 15.0. The monoisotopic (exact) mass is 272 g/mol. The summed E-state index contributed by atoms with van der Waals surface area (Å²) in [5, 5.41) is 2.72. The van der Waals surface area contributed by atoms with Crippen LogP contribution in [0.1, 0.15) is 17.2 Å². The fourth-order valence-corrected chi connectivity index (χ4v) is 2.19. The molecule has 0 fully saturated rings. The Morgan fingerprint density at radius 2 is 2.00 bits per heavy atom. The second-order valence-corrected chi connectivity index (χ2v) is 4.63. The summed E-state index contributed by atoms with van der Waals surface area (Å²) in [5.41, 5.74) is 8.17. The van der Waals surface area contributed by atoms with Crippen LogP contribution < -0.4 is 15.8 Å². The number of hydrogen-bond acceptors (Lipinski definition) is 3. The van der Waals surface area contributed by atoms with Crippen LogP contribution in [0.15, 0.2) is 42.5 Å². The average molecular weight is 272 g/mol. The number of amides is 1. The lowest BCUT2D eigenvalue weighted by molar-refractivity contribution is -0.118. The molecule has 0 spiro atoms. The van der Waals surface area contributed by atoms with E-state index in [0.717, 1.165) is 5.56 Å². The molecule has 1 unspecified atom stereocenters. The van der Waals surface area contributed by atoms with E-state index in [1.54, 1.807) is 24.3 Å². The van der Waals surface area contributed by atoms with Gasteiger partial charge in [0.05, 0.1) is 11.7 Å². The van der Waals surface area contributed by atoms with Gasteiger partial charge in [0.25, 0.3) is 5.91 Å². The Kier molecular flexibility index (Phi) is 3.12. The van der Waals surface area contributed by atoms with Crippen molar-refractivity contribution < 1.29 is 13.9 Å². The first-order chi connectivity index (χ1) is 9.63. The largest absolute Gasteiger partial charge is 0.482 e. The van der Waals surface area contributed by atoms with E-state index in [1.165, 1.54) is 12.1 Å². The fourth-order valence-electron chi connectivity index (χ4n) is 2.19. The summed E-state index contributed by atoms with van der Waals surface area (Å²) in [6.45, 7) is 0.0162. The highest BCUT2D eigenvalue weighted by atomic mass is 19.1. The van der Waals surface area contributed by atoms with Gasteiger partial charge >= 0.3 is 0 Å². The molecular weight excluding hydrogens is 259 g/mol. The van der Waals surface area contributed by atoms with Gasteiger partial charge < -0.3 is 15.8 Å². The Labute approximate surface area is 115 Å². The van der Waals surface area contributed by atoms with Gasteiger partial charge in [-0.2, -0.15) is 0 Å². The number of nitrogens with two attached hydrogens (primary N) is 1. The number of hydrogen-bond donors (Lipinski definition) is 2. The number of rotatable bonds is 2. The molecule has 0 bridgehead atoms. The highest BCUT2D eigenvalue weighted by molar-refractivity contribution is 5.95. The molecule has 1 heterocycles. The summed E-state index contributed by atoms with van der Waals surface area (Å²) >= 11 is 0. The van der Waals surface area contributed by atoms with Crippen molar-refractivity contribution in [2.45, 2.75) is 6.04 Å². The lowest BCUT2D eigenvalue weighted by Gasteiger charge is -2.20. The van der Waals surface area contributed by atoms with E-state index in [-0.39, 0.29) is 18.3 Å². The maximum absolute atomic E-state index is 13.2. The molecule has 3 N–H and O–H groups in total. The Morgan fingerprint density at radius 1 is 1.20 bits per heavy atom. The second-order valence-electron chi connectivity index (χ2n) is 4.63. The fraction of sp³-hybridized carbons (Fsp3) is 0.133. The number of carbonyl (C=O) groups excluding carboxylic acids is 1. The van der Waals surface area contributed by atoms with E-state index >= 15 is 0 Å². The van der Waals surface area contributed by atoms with Crippen LogP contribution in [-0.4, -0.2) is 12.5 Å². The molecule has 3 rings (SSSR count). The molecule has 2 aromatic rings. The van der Waals surface area contributed by atoms with E-state index in [0.29, 0.717) is 17.0 Å². The van der Waals surface area contributed by atoms with Gasteiger partial charge in [-0.15, -0.1) is 0 Å². The predicted molar refractivity (Wildman–Crippen MR) is 73.0 cm³/mol. The summed E-state index contributed by atoms with van der Waals surface area (Å²) in [4.78, 5) is 11.3. The lowest BCUT2D eigenvalue weighted by atomic mass is 9.98. The third-order valence-electron chi connectivity index (χ3n) is 3.20. The van der Waals surface area contributed by atoms with Crippen molar-refractivity contribution >= 4 is 11.6 Å². The number of fused-ring (bicyclic) bond motifs is 1. The van der Waals surface area contributed by atoms with Gasteiger partial charge in [0.15, 0.2) is 6.61 Å². The van der Waals surface area contributed by atoms with Crippen molar-refractivity contribution in [1.29, 1.82) is 0 Å². The van der Waals surface area contributed by atoms with Crippen LogP contribution in [0.25, 0.3) is 0 Å². The molecule has 20 heavy (non-hydrogen) atoms. The molecule has 4 nitrogen and oxygen atoms in total. The van der Waals surface area contributed by atoms with Crippen molar-refractivity contribution in [3.63, 3.8) is 0 Å². The zero-order chi connectivity index (χ0) is 14.1. The zero-order valence-corrected chi connectivity index (χ0v) is 10.6. The maximum Gasteiger partial charge on any atom is 0.262 e. The standard InChI is InChI=1S/C15H13FN2O2/c16-11-3-1-2-9(6-11)15(17)10-4-5-13-12(7-10)18-14(19)8-20-13/h1-7,15H,8,17H2,(H,18,19). The van der Waals surface area contributed by atoms with E-state index in [2.05, 4.69) is 5.32 Å². The van der Waals surface area contributed by atoms with Crippen molar-refractivity contribution in [1.82, 2.24) is 0 Å². The van der Waals surface area contributed by atoms with Crippen LogP contribution in [0.5, 0.6) is 5.75 Å². The summed E-state index contributed by atoms with van der Waals surface area (Å²) in [6, 6.07) is 11.0. The zero-order valence-electron chi connectivity index (χ0n) is 10.6. The Morgan fingerprint density at radius 3 is 2.80 bits per heavy atom. The van der Waals surface area contributed by atoms with E-state index in [4.69, 9.17) is 10.5 Å². The minimum Gasteiger partial charge on any atom is -0.482 e. The van der Waals surface area contributed by atoms with Crippen LogP contribution in [0.3, 0.4) is 0 Å². The smallest absolute Gasteiger partial charge is 0.262 e. The van der Waals surface area contributed by atoms with E-state index < -0.39 is 6.04 Å². The Balaban J connectivity index is 1.94. The molecule has 0 aliphatic carbocycles. The first-order valence-corrected chi connectivity index (χ1v) is 6.21. The summed E-state index contributed by atoms with van der Waals surface area (Å²) in [5.74, 6) is 0.0846. The molecule has 1 aliphatic rings. The second kappa shape index (κ2) is 4.94. The van der Waals surface area contributed by atoms with Crippen LogP contribution in [0.4, 0.5) is 10.1 Å². The molecule has 102 valence electrons. The molecule has 1 amide bonds. The van der Waals surface area contributed by atoms with Crippen molar-refractivity contribution in [3.8, 4) is 5.75 Å². The van der Waals surface area contributed by atoms with E-state index in [9.17, 15) is 9.18 Å². The summed E-state index contributed by atoms with van der Waals surface area (Å²) in [6.07, 6.45) is 0. The predicted octanol–water partition coefficient (Wildman–Crippen LogP) is 2.20. The first-order valence-electron chi connectivity index (χ1n) is 6.21. The van der Waals surface area contributed by atoms with Gasteiger partial charge in [-0.1, -0.05) is 18.2 Å². The lowest BCUT2D eigenvalue weighted by Crippen LogP contribution is -2.25. The highest BCUT2D eigenvalue weighted by Crippen LogP contribution is 2.31. The molecule has 2 aromatic carbocycles. The first kappa shape index (κ1) is 12.6. The molecule has 1 aliphatic heterocycles. The Bertz CT molecular complexity index is 673. The highest BCUT2D eigenvalue weighted by Gasteiger charge is 2.18. The number of nitrogens with one attached hydrogen (secondary N) is 1. The summed E-state index contributed by atoms with van der Waals surface area (Å²) < 4.78 is 18.5. The number of benzene rings is 2. The third-order valence-corrected chi connectivity index (χ3v) is 3.20. The SMILES string of the molecule is NC(c1cccc(F)c1)c1ccc2c(c1)NC(=O)CO2. The van der Waals surface area contributed by atoms with Crippen LogP contribution in [0.2, 0.25) is 0 Å². The number of halogens is 1. The van der Waals surface area contributed by atoms with Crippen molar-refractivity contribution in [3.05, 3.63) is 59.4 Å². The van der Waals surface area contributed by atoms with E-state index in [1.807, 2.05) is 6.07 Å². The van der Waals surface area contributed by atoms with Crippen LogP contribution in [-0.2, 0) is 4.79 Å². The average Bonchev–Trinajstić information content (AvgIpc) is 2.45. The number of ether oxygens (including phenoxy) is 1. The van der Waals surface area contributed by atoms with Crippen molar-refractivity contribution in [2.75, 3.05) is 11.9 Å². The van der Waals surface area contributed by atoms with Gasteiger partial charge in [-0.25, -0.2) is 4.39 Å². The minimum atomic E-state index is -0.463. The number of anilines is 1. The van der Waals surface area contributed by atoms with Crippen LogP contribution >= 0.6 is 0 Å². The van der Waals surface area contributed by atoms with Crippen molar-refractivity contribution in [2.24, 2.45) is 5.73 Å². The molecule has 0 radical (unpaired) electrons. The third kappa shape index (κ3) is 2.35. The summed E-state index contributed by atoms with van der Waals surface area (Å²) in [7, 11) is 0. The van der Waals surface area contributed by atoms with Gasteiger partial charge in [0.1, 0.15) is 11.6 Å². The van der Waals surface area contributed by atoms with Crippen LogP contribution in [0, 0.1) is 5.82 Å². The minimum absolute atomic E-state index is 0.0162. The molecule has 5 heteroatoms. The van der Waals surface area contributed by atoms with Gasteiger partial charge in [0, 0.05) is 0 Å². The van der Waals surface area contributed by atoms with Gasteiger partial charge in [-0.05, 0) is 35.4 Å². The molecule has 1 atom stereocenters. The maximum atomic E-state index is 13.2. The number of carbonyl (C=O) groups is 1. The molecule has 0 saturated heterocycles. The topological polar surface area (TPSA) is 64.3 Å². The molecular formula is C15H13FN2O2.